The van der Waals surface area contributed by atoms with Gasteiger partial charge < -0.3 is 9.84 Å². The van der Waals surface area contributed by atoms with E-state index in [2.05, 4.69) is 11.3 Å². The van der Waals surface area contributed by atoms with Gasteiger partial charge in [-0.15, -0.1) is 0 Å². The van der Waals surface area contributed by atoms with E-state index in [0.717, 1.165) is 12.3 Å². The molecule has 0 bridgehead atoms. The van der Waals surface area contributed by atoms with Gasteiger partial charge in [0.2, 0.25) is 0 Å². The number of carbonyl (C=O) groups excluding carboxylic acids is 1. The van der Waals surface area contributed by atoms with Crippen LogP contribution < -0.4 is 0 Å². The van der Waals surface area contributed by atoms with Crippen LogP contribution in [0.1, 0.15) is 0 Å². The molecule has 64 valence electrons. The fourth-order valence-electron chi connectivity index (χ4n) is 0.341. The first kappa shape index (κ1) is 10.2. The smallest absolute Gasteiger partial charge is 0.335 e. The minimum atomic E-state index is -1.19. The number of carboxylic acid groups (broad SMARTS) is 1. The Kier molecular flexibility index (Phi) is 5.00. The molecular weight excluding hydrogens is 160 g/mol. The van der Waals surface area contributed by atoms with E-state index < -0.39 is 11.9 Å². The van der Waals surface area contributed by atoms with E-state index in [-0.39, 0.29) is 0 Å². The highest BCUT2D eigenvalue weighted by Crippen LogP contribution is 1.83. The molecule has 4 nitrogen and oxygen atoms in total. The van der Waals surface area contributed by atoms with Crippen LogP contribution in [0.15, 0.2) is 37.1 Å². The maximum absolute atomic E-state index is 10.6. The Morgan fingerprint density at radius 2 is 2.00 bits per heavy atom. The fourth-order valence-corrected chi connectivity index (χ4v) is 0.341. The van der Waals surface area contributed by atoms with Gasteiger partial charge in [-0.3, -0.25) is 0 Å². The molecule has 0 aliphatic rings. The Labute approximate surface area is 69.5 Å². The molecule has 0 heterocycles. The minimum Gasteiger partial charge on any atom is -0.478 e. The highest BCUT2D eigenvalue weighted by Gasteiger charge is 1.93. The zero-order valence-electron chi connectivity index (χ0n) is 6.27. The molecule has 12 heavy (non-hydrogen) atoms. The zero-order chi connectivity index (χ0) is 9.40. The monoisotopic (exact) mass is 168 g/mol. The highest BCUT2D eigenvalue weighted by molar-refractivity contribution is 5.90. The number of esters is 1. The van der Waals surface area contributed by atoms with Crippen LogP contribution in [-0.2, 0) is 14.3 Å². The fraction of sp³-hybridized carbons (Fsp3) is 0. The number of rotatable bonds is 4. The van der Waals surface area contributed by atoms with Crippen LogP contribution in [0.4, 0.5) is 0 Å². The van der Waals surface area contributed by atoms with Crippen LogP contribution in [0.3, 0.4) is 0 Å². The maximum atomic E-state index is 10.6. The topological polar surface area (TPSA) is 63.6 Å². The van der Waals surface area contributed by atoms with Crippen LogP contribution in [0.2, 0.25) is 0 Å². The van der Waals surface area contributed by atoms with Gasteiger partial charge in [-0.1, -0.05) is 12.7 Å². The minimum absolute atomic E-state index is 0.698. The number of hydrogen-bond acceptors (Lipinski definition) is 3. The summed E-state index contributed by atoms with van der Waals surface area (Å²) >= 11 is 0. The van der Waals surface area contributed by atoms with Crippen molar-refractivity contribution in [3.05, 3.63) is 37.1 Å². The van der Waals surface area contributed by atoms with Crippen molar-refractivity contribution in [1.82, 2.24) is 0 Å². The summed E-state index contributed by atoms with van der Waals surface area (Å²) < 4.78 is 4.39. The molecule has 0 amide bonds. The van der Waals surface area contributed by atoms with Crippen molar-refractivity contribution >= 4 is 11.9 Å². The number of allylic oxidation sites excluding steroid dienone is 2. The van der Waals surface area contributed by atoms with Gasteiger partial charge >= 0.3 is 11.9 Å². The predicted molar refractivity (Wildman–Crippen MR) is 42.2 cm³/mol. The van der Waals surface area contributed by atoms with E-state index in [1.807, 2.05) is 0 Å². The zero-order valence-corrected chi connectivity index (χ0v) is 6.27. The summed E-state index contributed by atoms with van der Waals surface area (Å²) in [4.78, 5) is 20.5. The van der Waals surface area contributed by atoms with Crippen molar-refractivity contribution in [1.29, 1.82) is 0 Å². The number of hydrogen-bond donors (Lipinski definition) is 1. The van der Waals surface area contributed by atoms with Crippen molar-refractivity contribution in [3.8, 4) is 0 Å². The highest BCUT2D eigenvalue weighted by atomic mass is 16.5. The van der Waals surface area contributed by atoms with E-state index in [4.69, 9.17) is 5.11 Å². The lowest BCUT2D eigenvalue weighted by Crippen LogP contribution is -1.96. The Morgan fingerprint density at radius 1 is 1.33 bits per heavy atom. The second kappa shape index (κ2) is 5.91. The van der Waals surface area contributed by atoms with Gasteiger partial charge in [0.15, 0.2) is 0 Å². The van der Waals surface area contributed by atoms with Crippen molar-refractivity contribution in [3.63, 3.8) is 0 Å². The summed E-state index contributed by atoms with van der Waals surface area (Å²) in [6, 6.07) is 0. The quantitative estimate of drug-likeness (QED) is 0.293. The average Bonchev–Trinajstić information content (AvgIpc) is 2.01. The van der Waals surface area contributed by atoms with Crippen LogP contribution in [0, 0.1) is 0 Å². The largest absolute Gasteiger partial charge is 0.478 e. The summed E-state index contributed by atoms with van der Waals surface area (Å²) in [5.74, 6) is -1.94. The predicted octanol–water partition coefficient (Wildman–Crippen LogP) is 0.870. The van der Waals surface area contributed by atoms with Crippen molar-refractivity contribution < 1.29 is 19.4 Å². The van der Waals surface area contributed by atoms with E-state index in [9.17, 15) is 9.59 Å². The molecule has 0 aromatic rings. The normalized spacial score (nSPS) is 10.3. The number of carbonyl (C=O) groups is 2. The van der Waals surface area contributed by atoms with Crippen LogP contribution >= 0.6 is 0 Å². The van der Waals surface area contributed by atoms with Gasteiger partial charge in [0.05, 0.1) is 6.26 Å². The molecule has 4 heteroatoms. The summed E-state index contributed by atoms with van der Waals surface area (Å²) in [5.41, 5.74) is 0. The van der Waals surface area contributed by atoms with E-state index in [1.165, 1.54) is 12.2 Å². The molecule has 1 N–H and O–H groups in total. The van der Waals surface area contributed by atoms with Crippen molar-refractivity contribution in [2.75, 3.05) is 0 Å². The second-order valence-corrected chi connectivity index (χ2v) is 1.67. The third-order valence-corrected chi connectivity index (χ3v) is 0.761. The third kappa shape index (κ3) is 6.28. The van der Waals surface area contributed by atoms with Crippen LogP contribution in [0.5, 0.6) is 0 Å². The molecule has 0 aliphatic carbocycles. The Hall–Kier alpha value is -1.84. The molecule has 0 unspecified atom stereocenters. The SMILES string of the molecule is C=C/C=C/OC(=O)/C=C\C(=O)O. The number of carboxylic acids is 1. The lowest BCUT2D eigenvalue weighted by molar-refractivity contribution is -0.134. The Morgan fingerprint density at radius 3 is 2.50 bits per heavy atom. The molecule has 0 atom stereocenters. The maximum Gasteiger partial charge on any atom is 0.335 e. The van der Waals surface area contributed by atoms with Gasteiger partial charge in [0.25, 0.3) is 0 Å². The lowest BCUT2D eigenvalue weighted by Gasteiger charge is -1.88. The Bertz CT molecular complexity index is 237. The molecule has 0 saturated carbocycles. The first-order valence-electron chi connectivity index (χ1n) is 3.06. The standard InChI is InChI=1S/C8H8O4/c1-2-3-6-12-8(11)5-4-7(9)10/h2-6H,1H2,(H,9,10)/b5-4-,6-3+. The van der Waals surface area contributed by atoms with Crippen LogP contribution in [-0.4, -0.2) is 17.0 Å². The second-order valence-electron chi connectivity index (χ2n) is 1.67. The van der Waals surface area contributed by atoms with Gasteiger partial charge in [-0.25, -0.2) is 9.59 Å². The molecule has 0 rings (SSSR count). The van der Waals surface area contributed by atoms with Crippen LogP contribution in [0.25, 0.3) is 0 Å². The van der Waals surface area contributed by atoms with Gasteiger partial charge in [-0.05, 0) is 6.08 Å². The molecule has 0 spiro atoms. The molecule has 0 saturated heterocycles. The van der Waals surface area contributed by atoms with Gasteiger partial charge in [0.1, 0.15) is 0 Å². The lowest BCUT2D eigenvalue weighted by atomic mass is 10.5. The summed E-state index contributed by atoms with van der Waals surface area (Å²) in [5, 5.41) is 8.11. The summed E-state index contributed by atoms with van der Waals surface area (Å²) in [6.45, 7) is 3.34. The van der Waals surface area contributed by atoms with Crippen molar-refractivity contribution in [2.45, 2.75) is 0 Å². The molecule has 0 aliphatic heterocycles. The molecular formula is C8H8O4. The Balaban J connectivity index is 3.82. The number of aliphatic carboxylic acids is 1. The van der Waals surface area contributed by atoms with Gasteiger partial charge in [-0.2, -0.15) is 0 Å². The first-order chi connectivity index (χ1) is 5.66. The van der Waals surface area contributed by atoms with E-state index in [1.54, 1.807) is 0 Å². The third-order valence-electron chi connectivity index (χ3n) is 0.761. The molecule has 0 radical (unpaired) electrons. The van der Waals surface area contributed by atoms with Crippen molar-refractivity contribution in [2.24, 2.45) is 0 Å². The summed E-state index contributed by atoms with van der Waals surface area (Å²) in [6.07, 6.45) is 5.46. The van der Waals surface area contributed by atoms with E-state index >= 15 is 0 Å². The van der Waals surface area contributed by atoms with E-state index in [0.29, 0.717) is 6.08 Å². The first-order valence-corrected chi connectivity index (χ1v) is 3.06. The molecule has 0 fully saturated rings. The molecule has 0 aromatic heterocycles. The molecule has 0 aromatic carbocycles. The number of ether oxygens (including phenoxy) is 1. The average molecular weight is 168 g/mol. The summed E-state index contributed by atoms with van der Waals surface area (Å²) in [7, 11) is 0. The van der Waals surface area contributed by atoms with Gasteiger partial charge in [0, 0.05) is 12.2 Å².